The number of halogens is 1. The summed E-state index contributed by atoms with van der Waals surface area (Å²) in [6.07, 6.45) is 0. The second-order valence-corrected chi connectivity index (χ2v) is 7.79. The number of amides is 1. The Hall–Kier alpha value is -2.38. The Balaban J connectivity index is 1.58. The Labute approximate surface area is 170 Å². The summed E-state index contributed by atoms with van der Waals surface area (Å²) in [5.74, 6) is 1.13. The first kappa shape index (κ1) is 19.4. The number of carbonyl (C=O) groups excluding carboxylic acids is 1. The molecule has 1 N–H and O–H groups in total. The number of thiazole rings is 1. The summed E-state index contributed by atoms with van der Waals surface area (Å²) in [5.41, 5.74) is 1.88. The van der Waals surface area contributed by atoms with Crippen molar-refractivity contribution in [2.75, 3.05) is 18.5 Å². The van der Waals surface area contributed by atoms with Crippen LogP contribution in [0.15, 0.2) is 53.0 Å². The smallest absolute Gasteiger partial charge is 0.264 e. The second kappa shape index (κ2) is 9.01. The molecule has 0 saturated heterocycles. The topological polar surface area (TPSA) is 60.5 Å². The number of aryl methyl sites for hydroxylation is 1. The van der Waals surface area contributed by atoms with Gasteiger partial charge in [0.15, 0.2) is 11.7 Å². The maximum absolute atomic E-state index is 12.2. The molecule has 0 fully saturated rings. The number of benzene rings is 2. The number of hydrogen-bond donors (Lipinski definition) is 1. The fraction of sp³-hybridized carbons (Fsp3) is 0.200. The molecule has 3 rings (SSSR count). The lowest BCUT2D eigenvalue weighted by atomic mass is 10.1. The molecule has 2 aromatic carbocycles. The summed E-state index contributed by atoms with van der Waals surface area (Å²) < 4.78 is 11.9. The van der Waals surface area contributed by atoms with Gasteiger partial charge in [0.05, 0.1) is 12.3 Å². The van der Waals surface area contributed by atoms with Crippen LogP contribution >= 0.6 is 27.3 Å². The van der Waals surface area contributed by atoms with Gasteiger partial charge in [0.25, 0.3) is 5.91 Å². The predicted octanol–water partition coefficient (Wildman–Crippen LogP) is 5.30. The minimum absolute atomic E-state index is 0.0831. The first-order chi connectivity index (χ1) is 13.0. The molecular formula is C20H19BrN2O3S. The Bertz CT molecular complexity index is 908. The van der Waals surface area contributed by atoms with Gasteiger partial charge >= 0.3 is 0 Å². The molecule has 0 aliphatic heterocycles. The lowest BCUT2D eigenvalue weighted by molar-refractivity contribution is -0.118. The van der Waals surface area contributed by atoms with Gasteiger partial charge < -0.3 is 9.47 Å². The van der Waals surface area contributed by atoms with Gasteiger partial charge in [-0.2, -0.15) is 0 Å². The molecule has 1 amide bonds. The Kier molecular flexibility index (Phi) is 6.47. The van der Waals surface area contributed by atoms with Crippen molar-refractivity contribution in [1.29, 1.82) is 0 Å². The third-order valence-electron chi connectivity index (χ3n) is 3.67. The van der Waals surface area contributed by atoms with Crippen molar-refractivity contribution in [1.82, 2.24) is 4.98 Å². The molecule has 0 aliphatic rings. The summed E-state index contributed by atoms with van der Waals surface area (Å²) in [5, 5.41) is 3.36. The van der Waals surface area contributed by atoms with E-state index in [0.29, 0.717) is 17.5 Å². The quantitative estimate of drug-likeness (QED) is 0.534. The van der Waals surface area contributed by atoms with Crippen LogP contribution in [0.4, 0.5) is 5.13 Å². The first-order valence-corrected chi connectivity index (χ1v) is 10.0. The molecule has 0 radical (unpaired) electrons. The van der Waals surface area contributed by atoms with Crippen LogP contribution in [0.25, 0.3) is 11.3 Å². The van der Waals surface area contributed by atoms with Crippen LogP contribution < -0.4 is 14.8 Å². The largest absolute Gasteiger partial charge is 0.494 e. The van der Waals surface area contributed by atoms with Gasteiger partial charge in [-0.3, -0.25) is 10.1 Å². The zero-order valence-electron chi connectivity index (χ0n) is 15.0. The van der Waals surface area contributed by atoms with E-state index in [0.717, 1.165) is 26.4 Å². The molecule has 0 saturated carbocycles. The van der Waals surface area contributed by atoms with Crippen LogP contribution in [-0.4, -0.2) is 24.1 Å². The first-order valence-electron chi connectivity index (χ1n) is 8.44. The van der Waals surface area contributed by atoms with Crippen LogP contribution in [0, 0.1) is 6.92 Å². The second-order valence-electron chi connectivity index (χ2n) is 5.67. The number of hydrogen-bond acceptors (Lipinski definition) is 5. The van der Waals surface area contributed by atoms with Gasteiger partial charge in [0, 0.05) is 14.9 Å². The van der Waals surface area contributed by atoms with Crippen molar-refractivity contribution < 1.29 is 14.3 Å². The van der Waals surface area contributed by atoms with Gasteiger partial charge in [0.2, 0.25) is 0 Å². The third-order valence-corrected chi connectivity index (χ3v) is 5.08. The van der Waals surface area contributed by atoms with E-state index in [4.69, 9.17) is 9.47 Å². The fourth-order valence-electron chi connectivity index (χ4n) is 2.43. The normalized spacial score (nSPS) is 10.5. The summed E-state index contributed by atoms with van der Waals surface area (Å²) in [4.78, 5) is 17.7. The molecule has 0 bridgehead atoms. The van der Waals surface area contributed by atoms with Crippen molar-refractivity contribution in [2.24, 2.45) is 0 Å². The number of carbonyl (C=O) groups is 1. The van der Waals surface area contributed by atoms with Gasteiger partial charge in [-0.25, -0.2) is 4.98 Å². The van der Waals surface area contributed by atoms with Gasteiger partial charge in [-0.05, 0) is 50.2 Å². The highest BCUT2D eigenvalue weighted by Crippen LogP contribution is 2.31. The zero-order valence-corrected chi connectivity index (χ0v) is 17.4. The van der Waals surface area contributed by atoms with Crippen molar-refractivity contribution in [3.63, 3.8) is 0 Å². The third kappa shape index (κ3) is 5.30. The number of nitrogens with zero attached hydrogens (tertiary/aromatic N) is 1. The molecule has 7 heteroatoms. The summed E-state index contributed by atoms with van der Waals surface area (Å²) >= 11 is 4.87. The monoisotopic (exact) mass is 446 g/mol. The SMILES string of the molecule is CCOc1ccc(OCC(=O)Nc2nc(-c3ccc(Br)cc3)c(C)s2)cc1. The lowest BCUT2D eigenvalue weighted by Gasteiger charge is -2.07. The molecule has 3 aromatic rings. The molecule has 0 atom stereocenters. The fourth-order valence-corrected chi connectivity index (χ4v) is 3.54. The van der Waals surface area contributed by atoms with E-state index >= 15 is 0 Å². The van der Waals surface area contributed by atoms with E-state index in [1.165, 1.54) is 11.3 Å². The standard InChI is InChI=1S/C20H19BrN2O3S/c1-3-25-16-8-10-17(11-9-16)26-12-18(24)22-20-23-19(13(2)27-20)14-4-6-15(21)7-5-14/h4-11H,3,12H2,1-2H3,(H,22,23,24). The van der Waals surface area contributed by atoms with E-state index in [9.17, 15) is 4.79 Å². The maximum Gasteiger partial charge on any atom is 0.264 e. The van der Waals surface area contributed by atoms with E-state index < -0.39 is 0 Å². The molecular weight excluding hydrogens is 428 g/mol. The van der Waals surface area contributed by atoms with Crippen LogP contribution in [0.5, 0.6) is 11.5 Å². The van der Waals surface area contributed by atoms with E-state index in [1.54, 1.807) is 12.1 Å². The molecule has 0 unspecified atom stereocenters. The summed E-state index contributed by atoms with van der Waals surface area (Å²) in [6, 6.07) is 15.1. The van der Waals surface area contributed by atoms with Crippen molar-refractivity contribution in [2.45, 2.75) is 13.8 Å². The minimum atomic E-state index is -0.250. The summed E-state index contributed by atoms with van der Waals surface area (Å²) in [6.45, 7) is 4.44. The van der Waals surface area contributed by atoms with Crippen molar-refractivity contribution >= 4 is 38.3 Å². The van der Waals surface area contributed by atoms with Crippen molar-refractivity contribution in [3.05, 3.63) is 57.9 Å². The number of aromatic nitrogens is 1. The van der Waals surface area contributed by atoms with Crippen molar-refractivity contribution in [3.8, 4) is 22.8 Å². The van der Waals surface area contributed by atoms with E-state index in [-0.39, 0.29) is 12.5 Å². The van der Waals surface area contributed by atoms with Gasteiger partial charge in [0.1, 0.15) is 11.5 Å². The molecule has 140 valence electrons. The van der Waals surface area contributed by atoms with Crippen LogP contribution in [0.3, 0.4) is 0 Å². The Morgan fingerprint density at radius 1 is 1.07 bits per heavy atom. The average molecular weight is 447 g/mol. The number of ether oxygens (including phenoxy) is 2. The van der Waals surface area contributed by atoms with Crippen LogP contribution in [0.1, 0.15) is 11.8 Å². The molecule has 0 aliphatic carbocycles. The van der Waals surface area contributed by atoms with Crippen LogP contribution in [-0.2, 0) is 4.79 Å². The summed E-state index contributed by atoms with van der Waals surface area (Å²) in [7, 11) is 0. The molecule has 27 heavy (non-hydrogen) atoms. The maximum atomic E-state index is 12.2. The Morgan fingerprint density at radius 2 is 1.70 bits per heavy atom. The molecule has 1 aromatic heterocycles. The number of nitrogens with one attached hydrogen (secondary N) is 1. The highest BCUT2D eigenvalue weighted by molar-refractivity contribution is 9.10. The van der Waals surface area contributed by atoms with Crippen LogP contribution in [0.2, 0.25) is 0 Å². The minimum Gasteiger partial charge on any atom is -0.494 e. The Morgan fingerprint density at radius 3 is 2.33 bits per heavy atom. The average Bonchev–Trinajstić information content (AvgIpc) is 3.02. The zero-order chi connectivity index (χ0) is 19.2. The molecule has 1 heterocycles. The van der Waals surface area contributed by atoms with Gasteiger partial charge in [-0.15, -0.1) is 11.3 Å². The number of anilines is 1. The molecule has 5 nitrogen and oxygen atoms in total. The molecule has 0 spiro atoms. The van der Waals surface area contributed by atoms with Gasteiger partial charge in [-0.1, -0.05) is 28.1 Å². The van der Waals surface area contributed by atoms with E-state index in [2.05, 4.69) is 26.2 Å². The lowest BCUT2D eigenvalue weighted by Crippen LogP contribution is -2.20. The predicted molar refractivity (Wildman–Crippen MR) is 112 cm³/mol. The highest BCUT2D eigenvalue weighted by atomic mass is 79.9. The highest BCUT2D eigenvalue weighted by Gasteiger charge is 2.12. The number of rotatable bonds is 7. The van der Waals surface area contributed by atoms with E-state index in [1.807, 2.05) is 50.2 Å².